The molecule has 8 heteroatoms. The maximum atomic E-state index is 11.9. The van der Waals surface area contributed by atoms with Gasteiger partial charge in [0, 0.05) is 28.3 Å². The van der Waals surface area contributed by atoms with Crippen molar-refractivity contribution < 1.29 is 4.79 Å². The van der Waals surface area contributed by atoms with Crippen molar-refractivity contribution >= 4 is 44.1 Å². The largest absolute Gasteiger partial charge is 0.375 e. The predicted octanol–water partition coefficient (Wildman–Crippen LogP) is 1.95. The van der Waals surface area contributed by atoms with Crippen molar-refractivity contribution in [3.63, 3.8) is 0 Å². The summed E-state index contributed by atoms with van der Waals surface area (Å²) in [6, 6.07) is 3.57. The topological polar surface area (TPSA) is 84.1 Å². The van der Waals surface area contributed by atoms with Gasteiger partial charge in [-0.3, -0.25) is 9.69 Å². The minimum Gasteiger partial charge on any atom is -0.375 e. The molecule has 0 aliphatic heterocycles. The minimum absolute atomic E-state index is 0.111. The molecule has 6 nitrogen and oxygen atoms in total. The van der Waals surface area contributed by atoms with Crippen molar-refractivity contribution in [2.24, 2.45) is 0 Å². The summed E-state index contributed by atoms with van der Waals surface area (Å²) in [4.78, 5) is 22.8. The van der Waals surface area contributed by atoms with Gasteiger partial charge in [-0.15, -0.1) is 11.3 Å². The fourth-order valence-corrected chi connectivity index (χ4v) is 2.59. The number of carbonyl (C=O) groups excluding carboxylic acids is 1. The van der Waals surface area contributed by atoms with Gasteiger partial charge in [0.2, 0.25) is 5.91 Å². The van der Waals surface area contributed by atoms with Crippen LogP contribution < -0.4 is 11.1 Å². The first-order chi connectivity index (χ1) is 9.52. The van der Waals surface area contributed by atoms with Gasteiger partial charge in [0.15, 0.2) is 5.13 Å². The zero-order valence-corrected chi connectivity index (χ0v) is 13.2. The van der Waals surface area contributed by atoms with Gasteiger partial charge in [-0.1, -0.05) is 0 Å². The first-order valence-electron chi connectivity index (χ1n) is 5.83. The van der Waals surface area contributed by atoms with E-state index in [0.29, 0.717) is 17.5 Å². The number of thiazole rings is 1. The Labute approximate surface area is 129 Å². The molecule has 0 atom stereocenters. The molecule has 0 saturated carbocycles. The lowest BCUT2D eigenvalue weighted by Gasteiger charge is -2.14. The van der Waals surface area contributed by atoms with E-state index in [4.69, 9.17) is 5.73 Å². The normalized spacial score (nSPS) is 10.8. The van der Waals surface area contributed by atoms with Crippen LogP contribution in [-0.4, -0.2) is 34.4 Å². The molecular formula is C12H14BrN5OS. The molecule has 0 aliphatic rings. The molecule has 0 spiro atoms. The molecule has 20 heavy (non-hydrogen) atoms. The van der Waals surface area contributed by atoms with Crippen LogP contribution in [0.5, 0.6) is 0 Å². The molecule has 2 rings (SSSR count). The van der Waals surface area contributed by atoms with Crippen LogP contribution in [0.4, 0.5) is 10.9 Å². The summed E-state index contributed by atoms with van der Waals surface area (Å²) in [5.41, 5.74) is 5.57. The molecule has 3 N–H and O–H groups in total. The lowest BCUT2D eigenvalue weighted by Crippen LogP contribution is -2.29. The number of hydrogen-bond donors (Lipinski definition) is 2. The van der Waals surface area contributed by atoms with Gasteiger partial charge in [-0.05, 0) is 35.1 Å². The Morgan fingerprint density at radius 2 is 2.25 bits per heavy atom. The van der Waals surface area contributed by atoms with Crippen LogP contribution in [0, 0.1) is 0 Å². The third kappa shape index (κ3) is 4.55. The van der Waals surface area contributed by atoms with Crippen molar-refractivity contribution in [2.75, 3.05) is 24.6 Å². The Balaban J connectivity index is 1.83. The molecule has 0 bridgehead atoms. The molecule has 2 heterocycles. The summed E-state index contributed by atoms with van der Waals surface area (Å²) in [5.74, 6) is 0.424. The first kappa shape index (κ1) is 14.9. The van der Waals surface area contributed by atoms with Crippen molar-refractivity contribution in [1.82, 2.24) is 14.9 Å². The SMILES string of the molecule is CN(CC(=O)Nc1ccc(Br)cn1)Cc1cnc(N)s1. The van der Waals surface area contributed by atoms with E-state index in [1.165, 1.54) is 11.3 Å². The maximum Gasteiger partial charge on any atom is 0.239 e. The monoisotopic (exact) mass is 355 g/mol. The Kier molecular flexibility index (Phi) is 5.05. The number of nitrogens with zero attached hydrogens (tertiary/aromatic N) is 3. The van der Waals surface area contributed by atoms with Gasteiger partial charge in [-0.2, -0.15) is 0 Å². The average molecular weight is 356 g/mol. The molecule has 0 unspecified atom stereocenters. The molecule has 0 aromatic carbocycles. The van der Waals surface area contributed by atoms with Crippen LogP contribution in [0.15, 0.2) is 29.0 Å². The highest BCUT2D eigenvalue weighted by atomic mass is 79.9. The third-order valence-corrected chi connectivity index (χ3v) is 3.69. The highest BCUT2D eigenvalue weighted by Gasteiger charge is 2.09. The number of aromatic nitrogens is 2. The zero-order valence-electron chi connectivity index (χ0n) is 10.8. The number of halogens is 1. The second-order valence-corrected chi connectivity index (χ2v) is 6.31. The van der Waals surface area contributed by atoms with E-state index in [1.807, 2.05) is 18.0 Å². The number of nitrogen functional groups attached to an aromatic ring is 1. The number of pyridine rings is 1. The lowest BCUT2D eigenvalue weighted by molar-refractivity contribution is -0.117. The van der Waals surface area contributed by atoms with E-state index < -0.39 is 0 Å². The number of rotatable bonds is 5. The van der Waals surface area contributed by atoms with E-state index in [-0.39, 0.29) is 12.5 Å². The van der Waals surface area contributed by atoms with E-state index in [2.05, 4.69) is 31.2 Å². The van der Waals surface area contributed by atoms with Gasteiger partial charge in [0.25, 0.3) is 0 Å². The van der Waals surface area contributed by atoms with Gasteiger partial charge < -0.3 is 11.1 Å². The Bertz CT molecular complexity index is 586. The first-order valence-corrected chi connectivity index (χ1v) is 7.44. The fourth-order valence-electron chi connectivity index (χ4n) is 1.59. The van der Waals surface area contributed by atoms with Crippen LogP contribution in [0.2, 0.25) is 0 Å². The Morgan fingerprint density at radius 3 is 2.85 bits per heavy atom. The predicted molar refractivity (Wildman–Crippen MR) is 83.4 cm³/mol. The third-order valence-electron chi connectivity index (χ3n) is 2.41. The number of nitrogens with two attached hydrogens (primary N) is 1. The van der Waals surface area contributed by atoms with Gasteiger partial charge in [-0.25, -0.2) is 9.97 Å². The van der Waals surface area contributed by atoms with Crippen LogP contribution in [0.1, 0.15) is 4.88 Å². The summed E-state index contributed by atoms with van der Waals surface area (Å²) < 4.78 is 0.871. The van der Waals surface area contributed by atoms with E-state index >= 15 is 0 Å². The molecule has 0 fully saturated rings. The highest BCUT2D eigenvalue weighted by molar-refractivity contribution is 9.10. The Hall–Kier alpha value is -1.51. The quantitative estimate of drug-likeness (QED) is 0.856. The summed E-state index contributed by atoms with van der Waals surface area (Å²) >= 11 is 4.72. The zero-order chi connectivity index (χ0) is 14.5. The van der Waals surface area contributed by atoms with Gasteiger partial charge >= 0.3 is 0 Å². The number of carbonyl (C=O) groups is 1. The number of anilines is 2. The molecule has 1 amide bonds. The van der Waals surface area contributed by atoms with Crippen molar-refractivity contribution in [2.45, 2.75) is 6.54 Å². The molecular weight excluding hydrogens is 342 g/mol. The standard InChI is InChI=1S/C12H14BrN5OS/c1-18(6-9-5-16-12(14)20-9)7-11(19)17-10-3-2-8(13)4-15-10/h2-5H,6-7H2,1H3,(H2,14,16)(H,15,17,19). The van der Waals surface area contributed by atoms with Crippen molar-refractivity contribution in [3.05, 3.63) is 33.9 Å². The fraction of sp³-hybridized carbons (Fsp3) is 0.250. The summed E-state index contributed by atoms with van der Waals surface area (Å²) in [6.07, 6.45) is 3.37. The van der Waals surface area contributed by atoms with Crippen molar-refractivity contribution in [1.29, 1.82) is 0 Å². The van der Waals surface area contributed by atoms with Crippen molar-refractivity contribution in [3.8, 4) is 0 Å². The lowest BCUT2D eigenvalue weighted by atomic mass is 10.4. The van der Waals surface area contributed by atoms with Crippen LogP contribution in [-0.2, 0) is 11.3 Å². The smallest absolute Gasteiger partial charge is 0.239 e. The summed E-state index contributed by atoms with van der Waals surface area (Å²) in [5, 5.41) is 3.28. The Morgan fingerprint density at radius 1 is 1.45 bits per heavy atom. The van der Waals surface area contributed by atoms with E-state index in [9.17, 15) is 4.79 Å². The van der Waals surface area contributed by atoms with E-state index in [1.54, 1.807) is 18.5 Å². The number of nitrogens with one attached hydrogen (secondary N) is 1. The second kappa shape index (κ2) is 6.78. The summed E-state index contributed by atoms with van der Waals surface area (Å²) in [6.45, 7) is 0.908. The molecule has 2 aromatic rings. The molecule has 0 radical (unpaired) electrons. The highest BCUT2D eigenvalue weighted by Crippen LogP contribution is 2.16. The van der Waals surface area contributed by atoms with Gasteiger partial charge in [0.1, 0.15) is 5.82 Å². The molecule has 2 aromatic heterocycles. The molecule has 106 valence electrons. The van der Waals surface area contributed by atoms with Crippen LogP contribution >= 0.6 is 27.3 Å². The van der Waals surface area contributed by atoms with E-state index in [0.717, 1.165) is 9.35 Å². The minimum atomic E-state index is -0.111. The average Bonchev–Trinajstić information content (AvgIpc) is 2.77. The van der Waals surface area contributed by atoms with Gasteiger partial charge in [0.05, 0.1) is 6.54 Å². The van der Waals surface area contributed by atoms with Crippen LogP contribution in [0.3, 0.4) is 0 Å². The number of hydrogen-bond acceptors (Lipinski definition) is 6. The number of likely N-dealkylation sites (N-methyl/N-ethyl adjacent to an activating group) is 1. The second-order valence-electron chi connectivity index (χ2n) is 4.25. The number of amides is 1. The molecule has 0 saturated heterocycles. The summed E-state index contributed by atoms with van der Waals surface area (Å²) in [7, 11) is 1.87. The van der Waals surface area contributed by atoms with Crippen LogP contribution in [0.25, 0.3) is 0 Å². The molecule has 0 aliphatic carbocycles. The maximum absolute atomic E-state index is 11.9.